The molecule has 0 saturated heterocycles. The van der Waals surface area contributed by atoms with Crippen LogP contribution in [0, 0.1) is 0 Å². The SMILES string of the molecule is CN(CC(=O)O)Cc1ccc2c(c1)OCCO2. The second-order valence-electron chi connectivity index (χ2n) is 4.04. The van der Waals surface area contributed by atoms with Crippen molar-refractivity contribution in [1.29, 1.82) is 0 Å². The highest BCUT2D eigenvalue weighted by molar-refractivity contribution is 5.69. The van der Waals surface area contributed by atoms with Crippen LogP contribution in [0.25, 0.3) is 0 Å². The smallest absolute Gasteiger partial charge is 0.317 e. The van der Waals surface area contributed by atoms with E-state index in [1.807, 2.05) is 18.2 Å². The molecule has 5 heteroatoms. The van der Waals surface area contributed by atoms with Gasteiger partial charge in [0.05, 0.1) is 6.54 Å². The third-order valence-electron chi connectivity index (χ3n) is 2.46. The first-order chi connectivity index (χ1) is 8.15. The van der Waals surface area contributed by atoms with E-state index >= 15 is 0 Å². The first-order valence-corrected chi connectivity index (χ1v) is 5.44. The summed E-state index contributed by atoms with van der Waals surface area (Å²) in [5.74, 6) is 0.656. The summed E-state index contributed by atoms with van der Waals surface area (Å²) in [4.78, 5) is 12.3. The molecule has 5 nitrogen and oxygen atoms in total. The molecule has 0 aromatic heterocycles. The van der Waals surface area contributed by atoms with E-state index < -0.39 is 5.97 Å². The number of benzene rings is 1. The van der Waals surface area contributed by atoms with E-state index in [-0.39, 0.29) is 6.54 Å². The summed E-state index contributed by atoms with van der Waals surface area (Å²) in [6.45, 7) is 1.73. The van der Waals surface area contributed by atoms with E-state index in [2.05, 4.69) is 0 Å². The van der Waals surface area contributed by atoms with E-state index in [1.54, 1.807) is 11.9 Å². The lowest BCUT2D eigenvalue weighted by Gasteiger charge is -2.20. The van der Waals surface area contributed by atoms with Gasteiger partial charge in [0.2, 0.25) is 0 Å². The quantitative estimate of drug-likeness (QED) is 0.845. The van der Waals surface area contributed by atoms with Crippen molar-refractivity contribution in [3.63, 3.8) is 0 Å². The molecule has 0 spiro atoms. The normalized spacial score (nSPS) is 13.8. The van der Waals surface area contributed by atoms with Gasteiger partial charge < -0.3 is 14.6 Å². The maximum absolute atomic E-state index is 10.5. The molecule has 0 atom stereocenters. The lowest BCUT2D eigenvalue weighted by Crippen LogP contribution is -2.25. The van der Waals surface area contributed by atoms with Gasteiger partial charge in [-0.05, 0) is 24.7 Å². The molecule has 92 valence electrons. The third kappa shape index (κ3) is 3.10. The number of carbonyl (C=O) groups is 1. The summed E-state index contributed by atoms with van der Waals surface area (Å²) in [5.41, 5.74) is 1.01. The summed E-state index contributed by atoms with van der Waals surface area (Å²) in [5, 5.41) is 8.67. The minimum Gasteiger partial charge on any atom is -0.486 e. The third-order valence-corrected chi connectivity index (χ3v) is 2.46. The second-order valence-corrected chi connectivity index (χ2v) is 4.04. The van der Waals surface area contributed by atoms with Gasteiger partial charge in [0.25, 0.3) is 0 Å². The number of aliphatic carboxylic acids is 1. The highest BCUT2D eigenvalue weighted by Crippen LogP contribution is 2.30. The number of rotatable bonds is 4. The Morgan fingerprint density at radius 2 is 2.06 bits per heavy atom. The van der Waals surface area contributed by atoms with Gasteiger partial charge in [-0.1, -0.05) is 6.07 Å². The van der Waals surface area contributed by atoms with Crippen LogP contribution in [0.4, 0.5) is 0 Å². The number of ether oxygens (including phenoxy) is 2. The van der Waals surface area contributed by atoms with E-state index in [4.69, 9.17) is 14.6 Å². The number of carboxylic acids is 1. The van der Waals surface area contributed by atoms with Gasteiger partial charge in [0, 0.05) is 6.54 Å². The molecule has 1 aromatic carbocycles. The van der Waals surface area contributed by atoms with Crippen molar-refractivity contribution in [2.24, 2.45) is 0 Å². The van der Waals surface area contributed by atoms with Crippen molar-refractivity contribution >= 4 is 5.97 Å². The Kier molecular flexibility index (Phi) is 3.49. The molecule has 1 aliphatic heterocycles. The first-order valence-electron chi connectivity index (χ1n) is 5.44. The maximum Gasteiger partial charge on any atom is 0.317 e. The minimum absolute atomic E-state index is 0.0223. The highest BCUT2D eigenvalue weighted by Gasteiger charge is 2.12. The standard InChI is InChI=1S/C12H15NO4/c1-13(8-12(14)15)7-9-2-3-10-11(6-9)17-5-4-16-10/h2-3,6H,4-5,7-8H2,1H3,(H,14,15). The molecule has 1 N–H and O–H groups in total. The fraction of sp³-hybridized carbons (Fsp3) is 0.417. The Balaban J connectivity index is 2.04. The molecular weight excluding hydrogens is 222 g/mol. The van der Waals surface area contributed by atoms with Gasteiger partial charge in [-0.15, -0.1) is 0 Å². The molecule has 0 radical (unpaired) electrons. The number of hydrogen-bond acceptors (Lipinski definition) is 4. The number of fused-ring (bicyclic) bond motifs is 1. The fourth-order valence-electron chi connectivity index (χ4n) is 1.78. The zero-order valence-electron chi connectivity index (χ0n) is 9.68. The largest absolute Gasteiger partial charge is 0.486 e. The van der Waals surface area contributed by atoms with Crippen LogP contribution >= 0.6 is 0 Å². The Labute approximate surface area is 99.6 Å². The topological polar surface area (TPSA) is 59.0 Å². The van der Waals surface area contributed by atoms with Crippen molar-refractivity contribution < 1.29 is 19.4 Å². The van der Waals surface area contributed by atoms with Crippen molar-refractivity contribution in [3.8, 4) is 11.5 Å². The van der Waals surface area contributed by atoms with Crippen molar-refractivity contribution in [2.45, 2.75) is 6.54 Å². The lowest BCUT2D eigenvalue weighted by molar-refractivity contribution is -0.138. The first kappa shape index (κ1) is 11.7. The molecule has 2 rings (SSSR count). The molecule has 1 aromatic rings. The second kappa shape index (κ2) is 5.05. The Bertz CT molecular complexity index is 419. The minimum atomic E-state index is -0.829. The van der Waals surface area contributed by atoms with Crippen LogP contribution < -0.4 is 9.47 Å². The van der Waals surface area contributed by atoms with Gasteiger partial charge in [-0.3, -0.25) is 9.69 Å². The molecule has 0 saturated carbocycles. The summed E-state index contributed by atoms with van der Waals surface area (Å²) in [7, 11) is 1.77. The lowest BCUT2D eigenvalue weighted by atomic mass is 10.2. The number of likely N-dealkylation sites (N-methyl/N-ethyl adjacent to an activating group) is 1. The van der Waals surface area contributed by atoms with E-state index in [9.17, 15) is 4.79 Å². The summed E-state index contributed by atoms with van der Waals surface area (Å²) in [6, 6.07) is 5.68. The number of nitrogens with zero attached hydrogens (tertiary/aromatic N) is 1. The molecule has 0 bridgehead atoms. The molecular formula is C12H15NO4. The van der Waals surface area contributed by atoms with Gasteiger partial charge in [-0.2, -0.15) is 0 Å². The summed E-state index contributed by atoms with van der Waals surface area (Å²) < 4.78 is 10.9. The average Bonchev–Trinajstić information content (AvgIpc) is 2.27. The molecule has 17 heavy (non-hydrogen) atoms. The fourth-order valence-corrected chi connectivity index (χ4v) is 1.78. The van der Waals surface area contributed by atoms with Gasteiger partial charge in [-0.25, -0.2) is 0 Å². The van der Waals surface area contributed by atoms with Crippen molar-refractivity contribution in [2.75, 3.05) is 26.8 Å². The summed E-state index contributed by atoms with van der Waals surface area (Å²) >= 11 is 0. The van der Waals surface area contributed by atoms with Crippen LogP contribution in [-0.2, 0) is 11.3 Å². The maximum atomic E-state index is 10.5. The van der Waals surface area contributed by atoms with Crippen LogP contribution in [0.2, 0.25) is 0 Å². The molecule has 1 aliphatic rings. The Hall–Kier alpha value is -1.75. The predicted octanol–water partition coefficient (Wildman–Crippen LogP) is 0.974. The highest BCUT2D eigenvalue weighted by atomic mass is 16.6. The van der Waals surface area contributed by atoms with Gasteiger partial charge in [0.1, 0.15) is 13.2 Å². The zero-order chi connectivity index (χ0) is 12.3. The number of hydrogen-bond donors (Lipinski definition) is 1. The van der Waals surface area contributed by atoms with Gasteiger partial charge >= 0.3 is 5.97 Å². The predicted molar refractivity (Wildman–Crippen MR) is 61.4 cm³/mol. The van der Waals surface area contributed by atoms with Crippen LogP contribution in [-0.4, -0.2) is 42.8 Å². The molecule has 0 amide bonds. The number of carboxylic acid groups (broad SMARTS) is 1. The zero-order valence-corrected chi connectivity index (χ0v) is 9.68. The average molecular weight is 237 g/mol. The van der Waals surface area contributed by atoms with Crippen molar-refractivity contribution in [3.05, 3.63) is 23.8 Å². The molecule has 0 unspecified atom stereocenters. The van der Waals surface area contributed by atoms with E-state index in [0.717, 1.165) is 17.1 Å². The van der Waals surface area contributed by atoms with Crippen LogP contribution in [0.1, 0.15) is 5.56 Å². The van der Waals surface area contributed by atoms with Crippen LogP contribution in [0.3, 0.4) is 0 Å². The molecule has 0 aliphatic carbocycles. The van der Waals surface area contributed by atoms with Crippen LogP contribution in [0.5, 0.6) is 11.5 Å². The monoisotopic (exact) mass is 237 g/mol. The Morgan fingerprint density at radius 3 is 2.76 bits per heavy atom. The van der Waals surface area contributed by atoms with E-state index in [1.165, 1.54) is 0 Å². The summed E-state index contributed by atoms with van der Waals surface area (Å²) in [6.07, 6.45) is 0. The van der Waals surface area contributed by atoms with E-state index in [0.29, 0.717) is 19.8 Å². The molecule has 0 fully saturated rings. The van der Waals surface area contributed by atoms with Crippen LogP contribution in [0.15, 0.2) is 18.2 Å². The van der Waals surface area contributed by atoms with Crippen molar-refractivity contribution in [1.82, 2.24) is 4.90 Å². The molecule has 1 heterocycles. The van der Waals surface area contributed by atoms with Gasteiger partial charge in [0.15, 0.2) is 11.5 Å². The Morgan fingerprint density at radius 1 is 1.35 bits per heavy atom.